The summed E-state index contributed by atoms with van der Waals surface area (Å²) < 4.78 is 0.858. The summed E-state index contributed by atoms with van der Waals surface area (Å²) in [7, 11) is 0. The molecule has 0 saturated heterocycles. The highest BCUT2D eigenvalue weighted by molar-refractivity contribution is 14.1. The van der Waals surface area contributed by atoms with Crippen LogP contribution in [-0.2, 0) is 28.4 Å². The number of benzene rings is 1. The molecule has 31 heavy (non-hydrogen) atoms. The lowest BCUT2D eigenvalue weighted by atomic mass is 10.0. The van der Waals surface area contributed by atoms with Crippen LogP contribution >= 0.6 is 22.6 Å². The Labute approximate surface area is 194 Å². The quantitative estimate of drug-likeness (QED) is 0.246. The molecule has 0 saturated carbocycles. The van der Waals surface area contributed by atoms with Crippen LogP contribution in [-0.4, -0.2) is 53.1 Å². The van der Waals surface area contributed by atoms with Crippen molar-refractivity contribution in [3.8, 4) is 0 Å². The molecule has 9 nitrogen and oxygen atoms in total. The lowest BCUT2D eigenvalue weighted by Crippen LogP contribution is -2.55. The number of nitrogens with one attached hydrogen (secondary N) is 3. The Bertz CT molecular complexity index is 880. The molecule has 1 aromatic carbocycles. The molecule has 1 aliphatic heterocycles. The second-order valence-corrected chi connectivity index (χ2v) is 8.20. The Morgan fingerprint density at radius 1 is 0.935 bits per heavy atom. The van der Waals surface area contributed by atoms with Gasteiger partial charge in [0, 0.05) is 22.3 Å². The summed E-state index contributed by atoms with van der Waals surface area (Å²) in [6.07, 6.45) is 2.16. The minimum atomic E-state index is -0.938. The molecule has 0 radical (unpaired) electrons. The molecule has 0 aromatic heterocycles. The number of anilines is 1. The van der Waals surface area contributed by atoms with Gasteiger partial charge in [-0.2, -0.15) is 0 Å². The Morgan fingerprint density at radius 3 is 2.03 bits per heavy atom. The van der Waals surface area contributed by atoms with Crippen molar-refractivity contribution in [2.24, 2.45) is 5.92 Å². The molecule has 3 N–H and O–H groups in total. The zero-order chi connectivity index (χ0) is 23.1. The molecule has 1 aliphatic rings. The van der Waals surface area contributed by atoms with Crippen LogP contribution in [0.4, 0.5) is 5.69 Å². The van der Waals surface area contributed by atoms with Crippen LogP contribution in [0.5, 0.6) is 0 Å². The minimum Gasteiger partial charge on any atom is -0.343 e. The molecule has 2 atom stereocenters. The molecule has 1 heterocycles. The Balaban J connectivity index is 1.92. The van der Waals surface area contributed by atoms with Crippen LogP contribution in [0.25, 0.3) is 0 Å². The van der Waals surface area contributed by atoms with E-state index >= 15 is 0 Å². The second-order valence-electron chi connectivity index (χ2n) is 7.44. The maximum absolute atomic E-state index is 12.7. The molecule has 0 bridgehead atoms. The first-order chi connectivity index (χ1) is 14.6. The number of hydrogen-bond acceptors (Lipinski definition) is 5. The number of amides is 5. The van der Waals surface area contributed by atoms with Gasteiger partial charge in [0.15, 0.2) is 0 Å². The zero-order valence-corrected chi connectivity index (χ0v) is 19.6. The van der Waals surface area contributed by atoms with Crippen LogP contribution in [0, 0.1) is 5.92 Å². The molecule has 166 valence electrons. The molecule has 0 fully saturated rings. The van der Waals surface area contributed by atoms with Crippen molar-refractivity contribution >= 4 is 57.8 Å². The lowest BCUT2D eigenvalue weighted by Gasteiger charge is -2.24. The van der Waals surface area contributed by atoms with E-state index in [0.29, 0.717) is 5.69 Å². The van der Waals surface area contributed by atoms with Crippen molar-refractivity contribution in [2.45, 2.75) is 37.3 Å². The van der Waals surface area contributed by atoms with Gasteiger partial charge in [-0.05, 0) is 30.5 Å². The van der Waals surface area contributed by atoms with Crippen LogP contribution in [0.3, 0.4) is 0 Å². The van der Waals surface area contributed by atoms with Gasteiger partial charge in [-0.1, -0.05) is 48.6 Å². The number of nitrogens with zero attached hydrogens (tertiary/aromatic N) is 1. The number of carbonyl (C=O) groups excluding carboxylic acids is 5. The first-order valence-corrected chi connectivity index (χ1v) is 11.2. The first kappa shape index (κ1) is 24.5. The maximum atomic E-state index is 12.7. The fourth-order valence-corrected chi connectivity index (χ4v) is 3.29. The summed E-state index contributed by atoms with van der Waals surface area (Å²) in [5, 5.41) is 7.86. The number of halogens is 1. The van der Waals surface area contributed by atoms with Crippen LogP contribution in [0.15, 0.2) is 36.4 Å². The third kappa shape index (κ3) is 6.88. The number of hydrogen-bond donors (Lipinski definition) is 3. The van der Waals surface area contributed by atoms with Crippen molar-refractivity contribution in [3.63, 3.8) is 0 Å². The lowest BCUT2D eigenvalue weighted by molar-refractivity contribution is -0.141. The highest BCUT2D eigenvalue weighted by Gasteiger charge is 2.30. The molecular formula is C21H25IN4O5. The number of carbonyl (C=O) groups is 5. The molecule has 0 unspecified atom stereocenters. The van der Waals surface area contributed by atoms with E-state index in [9.17, 15) is 24.0 Å². The second kappa shape index (κ2) is 11.0. The van der Waals surface area contributed by atoms with Crippen molar-refractivity contribution < 1.29 is 24.0 Å². The summed E-state index contributed by atoms with van der Waals surface area (Å²) in [4.78, 5) is 61.3. The van der Waals surface area contributed by atoms with E-state index in [1.165, 1.54) is 0 Å². The van der Waals surface area contributed by atoms with Gasteiger partial charge >= 0.3 is 0 Å². The summed E-state index contributed by atoms with van der Waals surface area (Å²) in [5.74, 6) is -3.04. The molecule has 5 amide bonds. The third-order valence-electron chi connectivity index (χ3n) is 4.60. The van der Waals surface area contributed by atoms with Gasteiger partial charge in [-0.3, -0.25) is 28.9 Å². The number of imide groups is 1. The first-order valence-electron chi connectivity index (χ1n) is 9.71. The van der Waals surface area contributed by atoms with E-state index in [1.807, 2.05) is 12.1 Å². The van der Waals surface area contributed by atoms with Crippen LogP contribution < -0.4 is 16.0 Å². The smallest absolute Gasteiger partial charge is 0.254 e. The van der Waals surface area contributed by atoms with E-state index in [-0.39, 0.29) is 5.92 Å². The summed E-state index contributed by atoms with van der Waals surface area (Å²) in [5.41, 5.74) is 1.74. The van der Waals surface area contributed by atoms with E-state index in [0.717, 1.165) is 27.0 Å². The number of alkyl halides is 1. The van der Waals surface area contributed by atoms with Crippen molar-refractivity contribution in [1.82, 2.24) is 15.5 Å². The predicted molar refractivity (Wildman–Crippen MR) is 123 cm³/mol. The van der Waals surface area contributed by atoms with E-state index in [4.69, 9.17) is 0 Å². The molecule has 10 heteroatoms. The van der Waals surface area contributed by atoms with Gasteiger partial charge in [-0.15, -0.1) is 0 Å². The van der Waals surface area contributed by atoms with Gasteiger partial charge in [0.2, 0.25) is 17.7 Å². The normalized spacial score (nSPS) is 15.1. The van der Waals surface area contributed by atoms with Gasteiger partial charge in [0.1, 0.15) is 18.6 Å². The number of rotatable bonds is 9. The van der Waals surface area contributed by atoms with Crippen molar-refractivity contribution in [1.29, 1.82) is 0 Å². The van der Waals surface area contributed by atoms with Crippen LogP contribution in [0.1, 0.15) is 26.3 Å². The Morgan fingerprint density at radius 2 is 1.52 bits per heavy atom. The molecule has 0 aliphatic carbocycles. The van der Waals surface area contributed by atoms with E-state index < -0.39 is 48.2 Å². The topological polar surface area (TPSA) is 125 Å². The maximum Gasteiger partial charge on any atom is 0.254 e. The highest BCUT2D eigenvalue weighted by atomic mass is 127. The SMILES string of the molecule is CC(C)[C@H](NC(=O)CN1C(=O)C=CC1=O)C(=O)N[C@@H](C)C(=O)Nc1ccc(CI)cc1. The average molecular weight is 540 g/mol. The fraction of sp³-hybridized carbons (Fsp3) is 0.381. The van der Waals surface area contributed by atoms with E-state index in [1.54, 1.807) is 32.9 Å². The van der Waals surface area contributed by atoms with Gasteiger partial charge in [-0.25, -0.2) is 0 Å². The summed E-state index contributed by atoms with van der Waals surface area (Å²) >= 11 is 2.25. The minimum absolute atomic E-state index is 0.289. The largest absolute Gasteiger partial charge is 0.343 e. The predicted octanol–water partition coefficient (Wildman–Crippen LogP) is 1.13. The van der Waals surface area contributed by atoms with Gasteiger partial charge < -0.3 is 16.0 Å². The molecule has 1 aromatic rings. The Kier molecular flexibility index (Phi) is 8.72. The highest BCUT2D eigenvalue weighted by Crippen LogP contribution is 2.12. The van der Waals surface area contributed by atoms with Crippen molar-refractivity contribution in [2.75, 3.05) is 11.9 Å². The van der Waals surface area contributed by atoms with Crippen LogP contribution in [0.2, 0.25) is 0 Å². The standard InChI is InChI=1S/C21H25IN4O5/c1-12(2)19(25-16(27)11-26-17(28)8-9-18(26)29)21(31)23-13(3)20(30)24-15-6-4-14(10-22)5-7-15/h4-9,12-13,19H,10-11H2,1-3H3,(H,23,31)(H,24,30)(H,25,27)/t13-,19-/m0/s1. The fourth-order valence-electron chi connectivity index (χ4n) is 2.78. The van der Waals surface area contributed by atoms with Crippen molar-refractivity contribution in [3.05, 3.63) is 42.0 Å². The van der Waals surface area contributed by atoms with Gasteiger partial charge in [0.05, 0.1) is 0 Å². The summed E-state index contributed by atoms with van der Waals surface area (Å²) in [6, 6.07) is 5.59. The molecule has 0 spiro atoms. The monoisotopic (exact) mass is 540 g/mol. The molecule has 2 rings (SSSR count). The molecular weight excluding hydrogens is 515 g/mol. The zero-order valence-electron chi connectivity index (χ0n) is 17.5. The van der Waals surface area contributed by atoms with E-state index in [2.05, 4.69) is 38.5 Å². The third-order valence-corrected chi connectivity index (χ3v) is 5.48. The van der Waals surface area contributed by atoms with Gasteiger partial charge in [0.25, 0.3) is 11.8 Å². The summed E-state index contributed by atoms with van der Waals surface area (Å²) in [6.45, 7) is 4.53. The average Bonchev–Trinajstić information content (AvgIpc) is 3.04. The Hall–Kier alpha value is -2.76.